The van der Waals surface area contributed by atoms with Gasteiger partial charge in [0.25, 0.3) is 0 Å². The summed E-state index contributed by atoms with van der Waals surface area (Å²) in [5.74, 6) is 1.52. The molecule has 0 heterocycles. The predicted octanol–water partition coefficient (Wildman–Crippen LogP) is 11.4. The molecule has 1 aliphatic carbocycles. The Morgan fingerprint density at radius 2 is 1.12 bits per heavy atom. The third-order valence-electron chi connectivity index (χ3n) is 9.71. The fourth-order valence-corrected chi connectivity index (χ4v) is 7.59. The van der Waals surface area contributed by atoms with Gasteiger partial charge in [-0.25, -0.2) is 0 Å². The van der Waals surface area contributed by atoms with Gasteiger partial charge >= 0.3 is 0 Å². The molecule has 0 spiro atoms. The number of fused-ring (bicyclic) bond motifs is 3. The lowest BCUT2D eigenvalue weighted by atomic mass is 9.80. The van der Waals surface area contributed by atoms with Gasteiger partial charge in [-0.1, -0.05) is 113 Å². The lowest BCUT2D eigenvalue weighted by Gasteiger charge is -2.23. The van der Waals surface area contributed by atoms with Crippen molar-refractivity contribution in [2.45, 2.75) is 39.5 Å². The van der Waals surface area contributed by atoms with Gasteiger partial charge in [-0.3, -0.25) is 0 Å². The highest BCUT2D eigenvalue weighted by Gasteiger charge is 2.36. The minimum absolute atomic E-state index is 0.0975. The molecule has 0 aromatic heterocycles. The Morgan fingerprint density at radius 1 is 0.558 bits per heavy atom. The van der Waals surface area contributed by atoms with Crippen molar-refractivity contribution in [3.05, 3.63) is 126 Å². The van der Waals surface area contributed by atoms with Crippen LogP contribution in [0, 0.1) is 5.92 Å². The van der Waals surface area contributed by atoms with E-state index in [1.807, 2.05) is 12.1 Å². The first-order valence-electron chi connectivity index (χ1n) is 15.5. The number of methoxy groups -OCH3 is 1. The molecule has 0 radical (unpaired) electrons. The topological polar surface area (TPSA) is 9.23 Å². The van der Waals surface area contributed by atoms with Gasteiger partial charge in [0, 0.05) is 5.41 Å². The Labute approximate surface area is 254 Å². The summed E-state index contributed by atoms with van der Waals surface area (Å²) in [4.78, 5) is 0. The van der Waals surface area contributed by atoms with Crippen molar-refractivity contribution in [2.24, 2.45) is 5.92 Å². The van der Waals surface area contributed by atoms with E-state index in [0.717, 1.165) is 12.2 Å². The minimum atomic E-state index is -0.0975. The maximum atomic E-state index is 5.38. The molecule has 43 heavy (non-hydrogen) atoms. The fourth-order valence-electron chi connectivity index (χ4n) is 7.59. The van der Waals surface area contributed by atoms with Crippen molar-refractivity contribution in [1.82, 2.24) is 0 Å². The summed E-state index contributed by atoms with van der Waals surface area (Å²) in [5.41, 5.74) is 11.9. The molecule has 0 unspecified atom stereocenters. The van der Waals surface area contributed by atoms with Crippen LogP contribution in [0.25, 0.3) is 65.7 Å². The smallest absolute Gasteiger partial charge is 0.118 e. The highest BCUT2D eigenvalue weighted by molar-refractivity contribution is 6.25. The van der Waals surface area contributed by atoms with Crippen LogP contribution in [0.15, 0.2) is 109 Å². The number of hydrogen-bond donors (Lipinski definition) is 0. The monoisotopic (exact) mass is 556 g/mol. The van der Waals surface area contributed by atoms with E-state index in [4.69, 9.17) is 4.74 Å². The number of benzene rings is 7. The summed E-state index contributed by atoms with van der Waals surface area (Å²) >= 11 is 0. The second-order valence-corrected chi connectivity index (χ2v) is 13.3. The molecule has 0 saturated heterocycles. The van der Waals surface area contributed by atoms with Gasteiger partial charge in [0.05, 0.1) is 7.11 Å². The second kappa shape index (κ2) is 9.44. The summed E-state index contributed by atoms with van der Waals surface area (Å²) in [6.45, 7) is 9.34. The number of hydrogen-bond acceptors (Lipinski definition) is 1. The molecular formula is C42H36O. The van der Waals surface area contributed by atoms with E-state index in [0.29, 0.717) is 5.92 Å². The highest BCUT2D eigenvalue weighted by atomic mass is 16.5. The Bertz CT molecular complexity index is 2160. The minimum Gasteiger partial charge on any atom is -0.497 e. The first-order chi connectivity index (χ1) is 20.8. The summed E-state index contributed by atoms with van der Waals surface area (Å²) in [5, 5.41) is 8.12. The molecular weight excluding hydrogens is 520 g/mol. The van der Waals surface area contributed by atoms with E-state index in [1.165, 1.54) is 82.4 Å². The quantitative estimate of drug-likeness (QED) is 0.192. The lowest BCUT2D eigenvalue weighted by molar-refractivity contribution is 0.415. The third kappa shape index (κ3) is 3.98. The molecule has 1 aliphatic rings. The van der Waals surface area contributed by atoms with Crippen molar-refractivity contribution in [3.8, 4) is 39.1 Å². The Hall–Kier alpha value is -4.62. The maximum absolute atomic E-state index is 5.38. The predicted molar refractivity (Wildman–Crippen MR) is 184 cm³/mol. The van der Waals surface area contributed by atoms with Crippen LogP contribution in [0.2, 0.25) is 0 Å². The SMILES string of the molecule is COc1ccc(-c2ccc3c(c2)C(C)(C)c2cc(-c4ccc5ccc6cc(CC(C)C)cc7ccc4c5c67)ccc2-3)cc1. The molecule has 0 atom stereocenters. The van der Waals surface area contributed by atoms with E-state index in [2.05, 4.69) is 125 Å². The third-order valence-corrected chi connectivity index (χ3v) is 9.71. The molecule has 7 aromatic rings. The summed E-state index contributed by atoms with van der Waals surface area (Å²) in [6.07, 6.45) is 1.11. The normalized spacial score (nSPS) is 13.7. The van der Waals surface area contributed by atoms with Crippen LogP contribution in [-0.2, 0) is 11.8 Å². The summed E-state index contributed by atoms with van der Waals surface area (Å²) < 4.78 is 5.38. The highest BCUT2D eigenvalue weighted by Crippen LogP contribution is 2.51. The van der Waals surface area contributed by atoms with E-state index < -0.39 is 0 Å². The van der Waals surface area contributed by atoms with Gasteiger partial charge in [-0.05, 0) is 119 Å². The van der Waals surface area contributed by atoms with Gasteiger partial charge in [0.15, 0.2) is 0 Å². The van der Waals surface area contributed by atoms with E-state index in [9.17, 15) is 0 Å². The first kappa shape index (κ1) is 26.0. The Balaban J connectivity index is 1.25. The van der Waals surface area contributed by atoms with E-state index in [-0.39, 0.29) is 5.41 Å². The van der Waals surface area contributed by atoms with Crippen molar-refractivity contribution < 1.29 is 4.74 Å². The van der Waals surface area contributed by atoms with Gasteiger partial charge in [0.2, 0.25) is 0 Å². The number of ether oxygens (including phenoxy) is 1. The molecule has 210 valence electrons. The van der Waals surface area contributed by atoms with Gasteiger partial charge in [-0.15, -0.1) is 0 Å². The second-order valence-electron chi connectivity index (χ2n) is 13.3. The van der Waals surface area contributed by atoms with Crippen molar-refractivity contribution in [2.75, 3.05) is 7.11 Å². The van der Waals surface area contributed by atoms with Crippen LogP contribution in [0.1, 0.15) is 44.4 Å². The van der Waals surface area contributed by atoms with Gasteiger partial charge in [0.1, 0.15) is 5.75 Å². The maximum Gasteiger partial charge on any atom is 0.118 e. The first-order valence-corrected chi connectivity index (χ1v) is 15.5. The van der Waals surface area contributed by atoms with E-state index in [1.54, 1.807) is 7.11 Å². The Morgan fingerprint density at radius 3 is 1.79 bits per heavy atom. The fraction of sp³-hybridized carbons (Fsp3) is 0.190. The Kier molecular flexibility index (Phi) is 5.72. The molecule has 1 nitrogen and oxygen atoms in total. The zero-order chi connectivity index (χ0) is 29.5. The van der Waals surface area contributed by atoms with Crippen molar-refractivity contribution >= 4 is 32.3 Å². The molecule has 0 saturated carbocycles. The van der Waals surface area contributed by atoms with Crippen LogP contribution in [0.4, 0.5) is 0 Å². The van der Waals surface area contributed by atoms with Crippen LogP contribution >= 0.6 is 0 Å². The standard InChI is InChI=1S/C42H36O/c1-25(2)20-26-21-31-7-6-28-10-16-34(37-19-13-32(22-26)40(31)41(28)37)30-12-18-36-35-17-11-29(27-8-14-33(43-5)15-9-27)23-38(35)42(3,4)39(36)24-30/h6-19,21-25H,20H2,1-5H3. The van der Waals surface area contributed by atoms with Crippen molar-refractivity contribution in [1.29, 1.82) is 0 Å². The number of rotatable bonds is 5. The van der Waals surface area contributed by atoms with E-state index >= 15 is 0 Å². The molecule has 0 fully saturated rings. The molecule has 7 aromatic carbocycles. The average molecular weight is 557 g/mol. The molecule has 1 heteroatoms. The zero-order valence-electron chi connectivity index (χ0n) is 25.6. The summed E-state index contributed by atoms with van der Waals surface area (Å²) in [6, 6.07) is 41.2. The van der Waals surface area contributed by atoms with Crippen LogP contribution in [-0.4, -0.2) is 7.11 Å². The molecule has 8 rings (SSSR count). The largest absolute Gasteiger partial charge is 0.497 e. The molecule has 0 bridgehead atoms. The zero-order valence-corrected chi connectivity index (χ0v) is 25.6. The lowest BCUT2D eigenvalue weighted by Crippen LogP contribution is -2.15. The molecule has 0 N–H and O–H groups in total. The van der Waals surface area contributed by atoms with Gasteiger partial charge in [-0.2, -0.15) is 0 Å². The molecule has 0 amide bonds. The van der Waals surface area contributed by atoms with Gasteiger partial charge < -0.3 is 4.74 Å². The summed E-state index contributed by atoms with van der Waals surface area (Å²) in [7, 11) is 1.71. The van der Waals surface area contributed by atoms with Crippen LogP contribution < -0.4 is 4.74 Å². The van der Waals surface area contributed by atoms with Crippen LogP contribution in [0.3, 0.4) is 0 Å². The molecule has 0 aliphatic heterocycles. The van der Waals surface area contributed by atoms with Crippen molar-refractivity contribution in [3.63, 3.8) is 0 Å². The average Bonchev–Trinajstić information content (AvgIpc) is 3.24. The van der Waals surface area contributed by atoms with Crippen LogP contribution in [0.5, 0.6) is 5.75 Å².